The number of esters is 1. The predicted octanol–water partition coefficient (Wildman–Crippen LogP) is 0.986. The molecule has 0 aliphatic carbocycles. The monoisotopic (exact) mass is 328 g/mol. The summed E-state index contributed by atoms with van der Waals surface area (Å²) in [6, 6.07) is 5.25. The highest BCUT2D eigenvalue weighted by Crippen LogP contribution is 2.08. The minimum Gasteiger partial charge on any atom is -0.464 e. The van der Waals surface area contributed by atoms with Crippen molar-refractivity contribution in [2.45, 2.75) is 19.6 Å². The number of thiol groups is 1. The molecule has 1 atom stereocenters. The van der Waals surface area contributed by atoms with Gasteiger partial charge in [-0.2, -0.15) is 12.6 Å². The number of hydrogen-bond donors (Lipinski definition) is 2. The van der Waals surface area contributed by atoms with Crippen LogP contribution >= 0.6 is 12.6 Å². The fourth-order valence-corrected chi connectivity index (χ4v) is 1.83. The van der Waals surface area contributed by atoms with Gasteiger partial charge in [-0.05, 0) is 24.6 Å². The van der Waals surface area contributed by atoms with Crippen molar-refractivity contribution in [3.63, 3.8) is 0 Å². The van der Waals surface area contributed by atoms with Crippen molar-refractivity contribution in [1.82, 2.24) is 5.32 Å². The first kappa shape index (κ1) is 17.8. The lowest BCUT2D eigenvalue weighted by Gasteiger charge is -2.15. The Morgan fingerprint density at radius 2 is 2.18 bits per heavy atom. The molecule has 1 aromatic rings. The second kappa shape index (κ2) is 8.88. The molecule has 0 spiro atoms. The van der Waals surface area contributed by atoms with Gasteiger partial charge in [0, 0.05) is 11.3 Å². The summed E-state index contributed by atoms with van der Waals surface area (Å²) in [5.41, 5.74) is 0.712. The topological polar surface area (TPSA) is 108 Å². The summed E-state index contributed by atoms with van der Waals surface area (Å²) in [5.74, 6) is -0.983. The second-order valence-corrected chi connectivity index (χ2v) is 4.52. The van der Waals surface area contributed by atoms with Crippen molar-refractivity contribution in [1.29, 1.82) is 0 Å². The number of benzene rings is 1. The molecule has 1 N–H and O–H groups in total. The fraction of sp³-hybridized carbons (Fsp3) is 0.385. The van der Waals surface area contributed by atoms with E-state index in [2.05, 4.69) is 22.8 Å². The van der Waals surface area contributed by atoms with Crippen molar-refractivity contribution < 1.29 is 24.3 Å². The summed E-state index contributed by atoms with van der Waals surface area (Å²) in [6.45, 7) is 1.60. The third-order valence-electron chi connectivity index (χ3n) is 2.58. The quantitative estimate of drug-likeness (QED) is 0.319. The van der Waals surface area contributed by atoms with E-state index in [1.807, 2.05) is 0 Å². The molecule has 0 aromatic heterocycles. The molecule has 1 rings (SSSR count). The standard InChI is InChI=1S/C13H16N2O6S/c1-2-20-13(17)11(8-22)14-12(16)10-5-3-4-9(6-10)7-21-15(18)19/h3-6,11,22H,2,7-8H2,1H3,(H,14,16). The van der Waals surface area contributed by atoms with E-state index in [-0.39, 0.29) is 24.5 Å². The lowest BCUT2D eigenvalue weighted by molar-refractivity contribution is -0.763. The molecule has 0 heterocycles. The van der Waals surface area contributed by atoms with Crippen LogP contribution in [0.25, 0.3) is 0 Å². The maximum absolute atomic E-state index is 12.1. The van der Waals surface area contributed by atoms with Gasteiger partial charge in [-0.1, -0.05) is 12.1 Å². The number of ether oxygens (including phenoxy) is 1. The SMILES string of the molecule is CCOC(=O)C(CS)NC(=O)c1cccc(CO[N+](=O)[O-])c1. The second-order valence-electron chi connectivity index (χ2n) is 4.16. The highest BCUT2D eigenvalue weighted by Gasteiger charge is 2.21. The Bertz CT molecular complexity index is 551. The minimum atomic E-state index is -0.912. The Hall–Kier alpha value is -2.29. The van der Waals surface area contributed by atoms with Crippen LogP contribution in [0.4, 0.5) is 0 Å². The van der Waals surface area contributed by atoms with Crippen LogP contribution in [0.5, 0.6) is 0 Å². The van der Waals surface area contributed by atoms with Gasteiger partial charge >= 0.3 is 5.97 Å². The maximum Gasteiger partial charge on any atom is 0.329 e. The molecule has 0 saturated carbocycles. The van der Waals surface area contributed by atoms with E-state index in [4.69, 9.17) is 4.74 Å². The number of carbonyl (C=O) groups is 2. The molecule has 0 saturated heterocycles. The minimum absolute atomic E-state index is 0.0920. The Kier molecular flexibility index (Phi) is 7.17. The van der Waals surface area contributed by atoms with Crippen LogP contribution in [-0.4, -0.2) is 35.4 Å². The number of nitrogens with zero attached hydrogens (tertiary/aromatic N) is 1. The van der Waals surface area contributed by atoms with E-state index in [0.29, 0.717) is 5.56 Å². The molecule has 0 aliphatic heterocycles. The molecule has 0 bridgehead atoms. The number of carbonyl (C=O) groups excluding carboxylic acids is 2. The van der Waals surface area contributed by atoms with Crippen LogP contribution < -0.4 is 5.32 Å². The van der Waals surface area contributed by atoms with Gasteiger partial charge in [0.15, 0.2) is 0 Å². The molecule has 9 heteroatoms. The average Bonchev–Trinajstić information content (AvgIpc) is 2.50. The van der Waals surface area contributed by atoms with Gasteiger partial charge in [0.25, 0.3) is 11.0 Å². The molecule has 0 radical (unpaired) electrons. The van der Waals surface area contributed by atoms with Gasteiger partial charge in [0.1, 0.15) is 12.6 Å². The molecular weight excluding hydrogens is 312 g/mol. The molecule has 0 fully saturated rings. The summed E-state index contributed by atoms with van der Waals surface area (Å²) < 4.78 is 4.82. The van der Waals surface area contributed by atoms with Gasteiger partial charge in [-0.3, -0.25) is 4.79 Å². The summed E-state index contributed by atoms with van der Waals surface area (Å²) in [5, 5.41) is 11.7. The van der Waals surface area contributed by atoms with E-state index in [1.165, 1.54) is 12.1 Å². The van der Waals surface area contributed by atoms with E-state index >= 15 is 0 Å². The summed E-state index contributed by atoms with van der Waals surface area (Å²) in [7, 11) is 0. The average molecular weight is 328 g/mol. The van der Waals surface area contributed by atoms with Crippen LogP contribution in [0.1, 0.15) is 22.8 Å². The third-order valence-corrected chi connectivity index (χ3v) is 2.95. The number of hydrogen-bond acceptors (Lipinski definition) is 7. The first-order chi connectivity index (χ1) is 10.5. The van der Waals surface area contributed by atoms with Gasteiger partial charge in [0.05, 0.1) is 6.61 Å². The summed E-state index contributed by atoms with van der Waals surface area (Å²) in [4.78, 5) is 38.1. The van der Waals surface area contributed by atoms with E-state index in [0.717, 1.165) is 0 Å². The van der Waals surface area contributed by atoms with Crippen molar-refractivity contribution >= 4 is 24.5 Å². The molecule has 8 nitrogen and oxygen atoms in total. The zero-order chi connectivity index (χ0) is 16.5. The zero-order valence-corrected chi connectivity index (χ0v) is 12.7. The summed E-state index contributed by atoms with van der Waals surface area (Å²) in [6.07, 6.45) is 0. The van der Waals surface area contributed by atoms with E-state index < -0.39 is 23.0 Å². The smallest absolute Gasteiger partial charge is 0.329 e. The van der Waals surface area contributed by atoms with Crippen molar-refractivity contribution in [2.24, 2.45) is 0 Å². The number of amides is 1. The van der Waals surface area contributed by atoms with Crippen LogP contribution in [0, 0.1) is 10.1 Å². The van der Waals surface area contributed by atoms with Crippen LogP contribution in [0.2, 0.25) is 0 Å². The van der Waals surface area contributed by atoms with Gasteiger partial charge < -0.3 is 14.9 Å². The molecule has 1 aromatic carbocycles. The van der Waals surface area contributed by atoms with Crippen LogP contribution in [0.3, 0.4) is 0 Å². The lowest BCUT2D eigenvalue weighted by Crippen LogP contribution is -2.43. The van der Waals surface area contributed by atoms with Gasteiger partial charge in [-0.25, -0.2) is 4.79 Å². The highest BCUT2D eigenvalue weighted by atomic mass is 32.1. The third kappa shape index (κ3) is 5.60. The Morgan fingerprint density at radius 1 is 1.45 bits per heavy atom. The van der Waals surface area contributed by atoms with Gasteiger partial charge in [-0.15, -0.1) is 10.1 Å². The number of nitrogens with one attached hydrogen (secondary N) is 1. The molecular formula is C13H16N2O6S. The normalized spacial score (nSPS) is 11.4. The van der Waals surface area contributed by atoms with E-state index in [9.17, 15) is 19.7 Å². The van der Waals surface area contributed by atoms with Crippen molar-refractivity contribution in [3.8, 4) is 0 Å². The molecule has 0 aliphatic rings. The molecule has 22 heavy (non-hydrogen) atoms. The van der Waals surface area contributed by atoms with Crippen molar-refractivity contribution in [2.75, 3.05) is 12.4 Å². The van der Waals surface area contributed by atoms with Crippen molar-refractivity contribution in [3.05, 3.63) is 45.5 Å². The first-order valence-electron chi connectivity index (χ1n) is 6.42. The van der Waals surface area contributed by atoms with Crippen LogP contribution in [0.15, 0.2) is 24.3 Å². The number of rotatable bonds is 8. The Morgan fingerprint density at radius 3 is 2.77 bits per heavy atom. The molecule has 1 amide bonds. The Balaban J connectivity index is 2.73. The van der Waals surface area contributed by atoms with E-state index in [1.54, 1.807) is 19.1 Å². The Labute approximate surface area is 132 Å². The predicted molar refractivity (Wildman–Crippen MR) is 80.0 cm³/mol. The lowest BCUT2D eigenvalue weighted by atomic mass is 10.1. The van der Waals surface area contributed by atoms with Crippen LogP contribution in [-0.2, 0) is 21.0 Å². The molecule has 1 unspecified atom stereocenters. The first-order valence-corrected chi connectivity index (χ1v) is 7.05. The fourth-order valence-electron chi connectivity index (χ4n) is 1.59. The van der Waals surface area contributed by atoms with Gasteiger partial charge in [0.2, 0.25) is 0 Å². The molecule has 120 valence electrons. The summed E-state index contributed by atoms with van der Waals surface area (Å²) >= 11 is 4.00. The zero-order valence-electron chi connectivity index (χ0n) is 11.9. The highest BCUT2D eigenvalue weighted by molar-refractivity contribution is 7.80. The maximum atomic E-state index is 12.1. The largest absolute Gasteiger partial charge is 0.464 e.